The Morgan fingerprint density at radius 1 is 0.740 bits per heavy atom. The first-order valence-corrected chi connectivity index (χ1v) is 17.8. The number of benzene rings is 4. The molecule has 1 radical (unpaired) electrons. The summed E-state index contributed by atoms with van der Waals surface area (Å²) in [5.74, 6) is 1.34. The molecule has 1 saturated carbocycles. The average molecular weight is 833 g/mol. The molecule has 8 rings (SSSR count). The zero-order valence-electron chi connectivity index (χ0n) is 29.2. The molecule has 1 aliphatic carbocycles. The van der Waals surface area contributed by atoms with E-state index in [2.05, 4.69) is 122 Å². The van der Waals surface area contributed by atoms with Crippen LogP contribution in [-0.4, -0.2) is 9.97 Å². The van der Waals surface area contributed by atoms with E-state index in [1.807, 2.05) is 36.7 Å². The second-order valence-electron chi connectivity index (χ2n) is 13.8. The predicted octanol–water partition coefficient (Wildman–Crippen LogP) is 12.1. The number of aromatic nitrogens is 2. The zero-order chi connectivity index (χ0) is 33.6. The van der Waals surface area contributed by atoms with Crippen LogP contribution in [0.5, 0.6) is 0 Å². The van der Waals surface area contributed by atoms with Crippen molar-refractivity contribution >= 4 is 21.9 Å². The van der Waals surface area contributed by atoms with Crippen LogP contribution in [0, 0.1) is 25.0 Å². The zero-order valence-corrected chi connectivity index (χ0v) is 31.6. The Kier molecular flexibility index (Phi) is 11.7. The summed E-state index contributed by atoms with van der Waals surface area (Å²) in [5.41, 5.74) is 12.5. The van der Waals surface area contributed by atoms with Crippen molar-refractivity contribution in [2.45, 2.75) is 71.6 Å². The molecule has 0 aliphatic heterocycles. The third-order valence-corrected chi connectivity index (χ3v) is 9.88. The Bertz CT molecular complexity index is 2150. The molecular formula is C46H44IrN2O-2. The topological polar surface area (TPSA) is 38.9 Å². The predicted molar refractivity (Wildman–Crippen MR) is 203 cm³/mol. The smallest absolute Gasteiger partial charge is 0.120 e. The molecule has 0 unspecified atom stereocenters. The van der Waals surface area contributed by atoms with Crippen LogP contribution in [-0.2, 0) is 32.9 Å². The van der Waals surface area contributed by atoms with Gasteiger partial charge in [0.1, 0.15) is 5.58 Å². The van der Waals surface area contributed by atoms with Crippen LogP contribution < -0.4 is 0 Å². The van der Waals surface area contributed by atoms with Crippen LogP contribution in [0.2, 0.25) is 0 Å². The van der Waals surface area contributed by atoms with Crippen molar-refractivity contribution < 1.29 is 24.5 Å². The van der Waals surface area contributed by atoms with Gasteiger partial charge in [-0.1, -0.05) is 111 Å². The summed E-state index contributed by atoms with van der Waals surface area (Å²) in [4.78, 5) is 9.15. The van der Waals surface area contributed by atoms with Gasteiger partial charge in [0.25, 0.3) is 0 Å². The van der Waals surface area contributed by atoms with Crippen molar-refractivity contribution in [1.29, 1.82) is 0 Å². The van der Waals surface area contributed by atoms with Gasteiger partial charge in [-0.15, -0.1) is 59.7 Å². The monoisotopic (exact) mass is 833 g/mol. The van der Waals surface area contributed by atoms with Crippen molar-refractivity contribution in [1.82, 2.24) is 9.97 Å². The Labute approximate surface area is 310 Å². The van der Waals surface area contributed by atoms with E-state index in [1.54, 1.807) is 0 Å². The van der Waals surface area contributed by atoms with Crippen molar-refractivity contribution in [3.8, 4) is 22.5 Å². The van der Waals surface area contributed by atoms with Crippen molar-refractivity contribution in [2.24, 2.45) is 5.92 Å². The number of furan rings is 1. The molecule has 0 saturated heterocycles. The number of fused-ring (bicyclic) bond motifs is 3. The van der Waals surface area contributed by atoms with Crippen molar-refractivity contribution in [2.75, 3.05) is 0 Å². The SMILES string of the molecule is CC(C)c1ccnc(-c2[c-]cc3oc4ccc(Cc5ccccc5)cc4c3c2)c1.Cc1cnc(-c2[c-]cccc2)cc1CC1CCCCC1.[Ir]. The molecule has 3 heterocycles. The van der Waals surface area contributed by atoms with Gasteiger partial charge in [0.2, 0.25) is 0 Å². The molecule has 255 valence electrons. The Morgan fingerprint density at radius 3 is 2.30 bits per heavy atom. The van der Waals surface area contributed by atoms with E-state index in [4.69, 9.17) is 4.42 Å². The Morgan fingerprint density at radius 2 is 1.52 bits per heavy atom. The van der Waals surface area contributed by atoms with E-state index < -0.39 is 0 Å². The molecule has 3 aromatic heterocycles. The van der Waals surface area contributed by atoms with Crippen LogP contribution in [0.3, 0.4) is 0 Å². The molecule has 0 spiro atoms. The second-order valence-corrected chi connectivity index (χ2v) is 13.8. The molecular weight excluding hydrogens is 789 g/mol. The molecule has 0 amide bonds. The van der Waals surface area contributed by atoms with E-state index in [0.717, 1.165) is 56.8 Å². The van der Waals surface area contributed by atoms with Gasteiger partial charge in [-0.25, -0.2) is 0 Å². The molecule has 50 heavy (non-hydrogen) atoms. The van der Waals surface area contributed by atoms with Gasteiger partial charge in [0.05, 0.1) is 5.58 Å². The minimum Gasteiger partial charge on any atom is -0.500 e. The number of hydrogen-bond donors (Lipinski definition) is 0. The second kappa shape index (κ2) is 16.6. The third kappa shape index (κ3) is 8.49. The fourth-order valence-electron chi connectivity index (χ4n) is 7.00. The first kappa shape index (κ1) is 35.5. The average Bonchev–Trinajstić information content (AvgIpc) is 3.51. The van der Waals surface area contributed by atoms with Gasteiger partial charge in [-0.3, -0.25) is 0 Å². The quantitative estimate of drug-likeness (QED) is 0.150. The summed E-state index contributed by atoms with van der Waals surface area (Å²) in [6.07, 6.45) is 13.1. The van der Waals surface area contributed by atoms with Crippen LogP contribution in [0.4, 0.5) is 0 Å². The standard InChI is InChI=1S/C27H22NO.C19H22N.Ir/c1-18(2)21-12-13-28-25(17-21)22-9-11-27-24(16-22)23-15-20(8-10-26(23)29-27)14-19-6-4-3-5-7-19;1-15-14-20-19(17-10-6-3-7-11-17)13-18(15)12-16-8-4-2-5-9-16;/h3-8,10-13,15-18H,14H2,1-2H3;3,6-7,10,13-14,16H,2,4-5,8-9,12H2,1H3;/q2*-1;. The molecule has 4 heteroatoms. The van der Waals surface area contributed by atoms with E-state index in [-0.39, 0.29) is 20.1 Å². The van der Waals surface area contributed by atoms with Crippen LogP contribution >= 0.6 is 0 Å². The maximum Gasteiger partial charge on any atom is 0.120 e. The summed E-state index contributed by atoms with van der Waals surface area (Å²) in [7, 11) is 0. The summed E-state index contributed by atoms with van der Waals surface area (Å²) in [5, 5.41) is 2.25. The van der Waals surface area contributed by atoms with Gasteiger partial charge in [0, 0.05) is 37.9 Å². The first-order chi connectivity index (χ1) is 24.0. The Hall–Kier alpha value is -4.37. The molecule has 1 fully saturated rings. The van der Waals surface area contributed by atoms with Crippen LogP contribution in [0.25, 0.3) is 44.5 Å². The van der Waals surface area contributed by atoms with Crippen LogP contribution in [0.1, 0.15) is 79.7 Å². The summed E-state index contributed by atoms with van der Waals surface area (Å²) >= 11 is 0. The van der Waals surface area contributed by atoms with E-state index >= 15 is 0 Å². The minimum absolute atomic E-state index is 0. The van der Waals surface area contributed by atoms with Gasteiger partial charge in [0.15, 0.2) is 0 Å². The molecule has 0 atom stereocenters. The van der Waals surface area contributed by atoms with Crippen molar-refractivity contribution in [3.63, 3.8) is 0 Å². The van der Waals surface area contributed by atoms with E-state index in [1.165, 1.54) is 66.3 Å². The molecule has 4 aromatic carbocycles. The van der Waals surface area contributed by atoms with Gasteiger partial charge >= 0.3 is 0 Å². The molecule has 0 N–H and O–H groups in total. The normalized spacial score (nSPS) is 13.2. The molecule has 7 aromatic rings. The maximum absolute atomic E-state index is 6.06. The fourth-order valence-corrected chi connectivity index (χ4v) is 7.00. The first-order valence-electron chi connectivity index (χ1n) is 17.8. The number of nitrogens with zero attached hydrogens (tertiary/aromatic N) is 2. The van der Waals surface area contributed by atoms with E-state index in [0.29, 0.717) is 5.92 Å². The molecule has 1 aliphatic rings. The number of hydrogen-bond acceptors (Lipinski definition) is 3. The summed E-state index contributed by atoms with van der Waals surface area (Å²) < 4.78 is 6.06. The number of rotatable bonds is 7. The maximum atomic E-state index is 6.06. The van der Waals surface area contributed by atoms with Crippen LogP contribution in [0.15, 0.2) is 120 Å². The summed E-state index contributed by atoms with van der Waals surface area (Å²) in [6.45, 7) is 6.58. The van der Waals surface area contributed by atoms with Gasteiger partial charge in [-0.05, 0) is 77.9 Å². The summed E-state index contributed by atoms with van der Waals surface area (Å²) in [6, 6.07) is 42.3. The molecule has 3 nitrogen and oxygen atoms in total. The number of pyridine rings is 2. The fraction of sp³-hybridized carbons (Fsp3) is 0.261. The van der Waals surface area contributed by atoms with Gasteiger partial charge in [-0.2, -0.15) is 0 Å². The minimum atomic E-state index is 0. The van der Waals surface area contributed by atoms with Crippen molar-refractivity contribution in [3.05, 3.63) is 155 Å². The Balaban J connectivity index is 0.000000181. The molecule has 0 bridgehead atoms. The largest absolute Gasteiger partial charge is 0.500 e. The third-order valence-electron chi connectivity index (χ3n) is 9.88. The van der Waals surface area contributed by atoms with Gasteiger partial charge < -0.3 is 14.4 Å². The number of aryl methyl sites for hydroxylation is 1. The van der Waals surface area contributed by atoms with E-state index in [9.17, 15) is 0 Å².